The number of aromatic nitrogens is 1. The molecule has 0 saturated carbocycles. The molecule has 0 amide bonds. The maximum atomic E-state index is 13.9. The number of nitrogens with zero attached hydrogens (tertiary/aromatic N) is 2. The predicted molar refractivity (Wildman–Crippen MR) is 145 cm³/mol. The molecule has 1 fully saturated rings. The first-order chi connectivity index (χ1) is 18.6. The number of piperidine rings is 1. The standard InChI is InChI=1S/C29H33F3N2O4S/c1-18-17-33-24-4-3-20(38-2)15-21(24)27(18)25(35)5-6-29(16-26(36)37)7-9-34(10-8-29)11-12-39-28-22(31)13-19(30)14-23(28)32/h3-4,13-15,17,25,35H,5-12,16H2,1-2H3,(H,36,37)/t25-/m0/s1. The van der Waals surface area contributed by atoms with Crippen LogP contribution in [-0.2, 0) is 4.79 Å². The number of ether oxygens (including phenoxy) is 1. The molecule has 0 bridgehead atoms. The van der Waals surface area contributed by atoms with Crippen molar-refractivity contribution in [1.82, 2.24) is 9.88 Å². The van der Waals surface area contributed by atoms with Crippen molar-refractivity contribution in [3.63, 3.8) is 0 Å². The van der Waals surface area contributed by atoms with Crippen LogP contribution in [0.4, 0.5) is 13.2 Å². The Kier molecular flexibility index (Phi) is 9.40. The van der Waals surface area contributed by atoms with Crippen LogP contribution < -0.4 is 4.74 Å². The lowest BCUT2D eigenvalue weighted by molar-refractivity contribution is -0.141. The fraction of sp³-hybridized carbons (Fsp3) is 0.448. The molecule has 1 aromatic heterocycles. The molecule has 10 heteroatoms. The minimum atomic E-state index is -0.947. The summed E-state index contributed by atoms with van der Waals surface area (Å²) in [6, 6.07) is 6.88. The Morgan fingerprint density at radius 1 is 1.18 bits per heavy atom. The summed E-state index contributed by atoms with van der Waals surface area (Å²) < 4.78 is 46.4. The van der Waals surface area contributed by atoms with E-state index in [-0.39, 0.29) is 11.3 Å². The maximum Gasteiger partial charge on any atom is 0.303 e. The zero-order valence-electron chi connectivity index (χ0n) is 22.1. The van der Waals surface area contributed by atoms with E-state index in [4.69, 9.17) is 4.74 Å². The number of pyridine rings is 1. The number of methoxy groups -OCH3 is 1. The van der Waals surface area contributed by atoms with Crippen LogP contribution in [0, 0.1) is 29.8 Å². The SMILES string of the molecule is COc1ccc2ncc(C)c([C@@H](O)CCC3(CC(=O)O)CCN(CCSc4c(F)cc(F)cc4F)CC3)c2c1. The van der Waals surface area contributed by atoms with Gasteiger partial charge in [-0.05, 0) is 80.4 Å². The number of likely N-dealkylation sites (tertiary alicyclic amines) is 1. The van der Waals surface area contributed by atoms with Gasteiger partial charge < -0.3 is 19.8 Å². The highest BCUT2D eigenvalue weighted by molar-refractivity contribution is 7.99. The highest BCUT2D eigenvalue weighted by Crippen LogP contribution is 2.42. The number of hydrogen-bond acceptors (Lipinski definition) is 6. The van der Waals surface area contributed by atoms with Gasteiger partial charge in [-0.3, -0.25) is 9.78 Å². The molecular weight excluding hydrogens is 529 g/mol. The first-order valence-electron chi connectivity index (χ1n) is 12.9. The maximum absolute atomic E-state index is 13.9. The van der Waals surface area contributed by atoms with E-state index in [2.05, 4.69) is 9.88 Å². The van der Waals surface area contributed by atoms with Crippen LogP contribution in [0.5, 0.6) is 5.75 Å². The van der Waals surface area contributed by atoms with Crippen molar-refractivity contribution in [3.05, 3.63) is 65.1 Å². The number of hydrogen-bond donors (Lipinski definition) is 2. The summed E-state index contributed by atoms with van der Waals surface area (Å²) in [7, 11) is 1.58. The van der Waals surface area contributed by atoms with E-state index in [1.54, 1.807) is 13.3 Å². The molecule has 6 nitrogen and oxygen atoms in total. The van der Waals surface area contributed by atoms with Gasteiger partial charge in [-0.2, -0.15) is 0 Å². The van der Waals surface area contributed by atoms with Crippen LogP contribution in [0.25, 0.3) is 10.9 Å². The Morgan fingerprint density at radius 3 is 2.51 bits per heavy atom. The van der Waals surface area contributed by atoms with Crippen molar-refractivity contribution in [2.75, 3.05) is 32.5 Å². The summed E-state index contributed by atoms with van der Waals surface area (Å²) in [6.45, 7) is 3.76. The number of thioether (sulfide) groups is 1. The van der Waals surface area contributed by atoms with Crippen molar-refractivity contribution in [2.24, 2.45) is 5.41 Å². The Balaban J connectivity index is 1.39. The summed E-state index contributed by atoms with van der Waals surface area (Å²) in [5, 5.41) is 21.7. The number of fused-ring (bicyclic) bond motifs is 1. The third-order valence-electron chi connectivity index (χ3n) is 7.66. The van der Waals surface area contributed by atoms with Crippen molar-refractivity contribution in [3.8, 4) is 5.75 Å². The molecule has 2 heterocycles. The lowest BCUT2D eigenvalue weighted by atomic mass is 9.71. The number of aliphatic hydroxyl groups is 1. The van der Waals surface area contributed by atoms with Gasteiger partial charge >= 0.3 is 5.97 Å². The third-order valence-corrected chi connectivity index (χ3v) is 8.72. The van der Waals surface area contributed by atoms with E-state index in [0.29, 0.717) is 69.0 Å². The highest BCUT2D eigenvalue weighted by Gasteiger charge is 2.37. The van der Waals surface area contributed by atoms with Crippen LogP contribution in [0.15, 0.2) is 41.4 Å². The number of benzene rings is 2. The van der Waals surface area contributed by atoms with E-state index in [0.717, 1.165) is 33.8 Å². The second-order valence-corrected chi connectivity index (χ2v) is 11.4. The molecule has 210 valence electrons. The van der Waals surface area contributed by atoms with Gasteiger partial charge in [0.1, 0.15) is 23.2 Å². The zero-order valence-corrected chi connectivity index (χ0v) is 22.9. The number of carboxylic acid groups (broad SMARTS) is 1. The molecule has 4 rings (SSSR count). The molecule has 0 spiro atoms. The smallest absolute Gasteiger partial charge is 0.303 e. The molecule has 1 saturated heterocycles. The Hall–Kier alpha value is -2.82. The number of aryl methyl sites for hydroxylation is 1. The topological polar surface area (TPSA) is 82.9 Å². The van der Waals surface area contributed by atoms with Gasteiger partial charge in [0, 0.05) is 36.0 Å². The zero-order chi connectivity index (χ0) is 28.2. The molecule has 2 aromatic carbocycles. The summed E-state index contributed by atoms with van der Waals surface area (Å²) in [6.07, 6.45) is 3.19. The predicted octanol–water partition coefficient (Wildman–Crippen LogP) is 6.13. The van der Waals surface area contributed by atoms with Crippen molar-refractivity contribution in [2.45, 2.75) is 50.0 Å². The fourth-order valence-corrected chi connectivity index (χ4v) is 6.43. The molecule has 0 unspecified atom stereocenters. The molecule has 2 N–H and O–H groups in total. The number of carboxylic acids is 1. The number of carbonyl (C=O) groups is 1. The summed E-state index contributed by atoms with van der Waals surface area (Å²) in [5.41, 5.74) is 1.93. The van der Waals surface area contributed by atoms with Crippen LogP contribution in [-0.4, -0.2) is 58.6 Å². The average molecular weight is 563 g/mol. The largest absolute Gasteiger partial charge is 0.497 e. The van der Waals surface area contributed by atoms with Gasteiger partial charge in [0.05, 0.1) is 30.0 Å². The average Bonchev–Trinajstić information content (AvgIpc) is 2.89. The number of aliphatic hydroxyl groups excluding tert-OH is 1. The number of aliphatic carboxylic acids is 1. The van der Waals surface area contributed by atoms with Gasteiger partial charge in [0.15, 0.2) is 0 Å². The first-order valence-corrected chi connectivity index (χ1v) is 13.9. The molecular formula is C29H33F3N2O4S. The Morgan fingerprint density at radius 2 is 1.87 bits per heavy atom. The van der Waals surface area contributed by atoms with E-state index in [1.165, 1.54) is 0 Å². The van der Waals surface area contributed by atoms with Gasteiger partial charge in [-0.15, -0.1) is 11.8 Å². The van der Waals surface area contributed by atoms with Gasteiger partial charge in [0.25, 0.3) is 0 Å². The highest BCUT2D eigenvalue weighted by atomic mass is 32.2. The van der Waals surface area contributed by atoms with E-state index >= 15 is 0 Å². The van der Waals surface area contributed by atoms with Crippen LogP contribution in [0.3, 0.4) is 0 Å². The van der Waals surface area contributed by atoms with Crippen LogP contribution >= 0.6 is 11.8 Å². The second-order valence-electron chi connectivity index (χ2n) is 10.3. The number of halogens is 3. The third kappa shape index (κ3) is 7.04. The lowest BCUT2D eigenvalue weighted by Crippen LogP contribution is -2.42. The Labute approximate surface area is 230 Å². The normalized spacial score (nSPS) is 16.4. The molecule has 0 aliphatic carbocycles. The summed E-state index contributed by atoms with van der Waals surface area (Å²) in [5.74, 6) is -2.55. The van der Waals surface area contributed by atoms with Crippen LogP contribution in [0.1, 0.15) is 49.3 Å². The minimum absolute atomic E-state index is 0.0121. The van der Waals surface area contributed by atoms with Gasteiger partial charge in [0.2, 0.25) is 0 Å². The lowest BCUT2D eigenvalue weighted by Gasteiger charge is -2.41. The molecule has 3 aromatic rings. The quantitative estimate of drug-likeness (QED) is 0.272. The molecule has 1 aliphatic rings. The first kappa shape index (κ1) is 29.2. The number of rotatable bonds is 11. The molecule has 1 atom stereocenters. The van der Waals surface area contributed by atoms with Crippen molar-refractivity contribution < 1.29 is 32.9 Å². The monoisotopic (exact) mass is 562 g/mol. The summed E-state index contributed by atoms with van der Waals surface area (Å²) >= 11 is 1.00. The van der Waals surface area contributed by atoms with Crippen molar-refractivity contribution >= 4 is 28.6 Å². The van der Waals surface area contributed by atoms with E-state index in [9.17, 15) is 28.2 Å². The van der Waals surface area contributed by atoms with E-state index in [1.807, 2.05) is 25.1 Å². The fourth-order valence-electron chi connectivity index (χ4n) is 5.48. The molecule has 39 heavy (non-hydrogen) atoms. The minimum Gasteiger partial charge on any atom is -0.497 e. The second kappa shape index (κ2) is 12.6. The van der Waals surface area contributed by atoms with Gasteiger partial charge in [-0.1, -0.05) is 0 Å². The Bertz CT molecular complexity index is 1310. The van der Waals surface area contributed by atoms with E-state index < -0.39 is 34.9 Å². The molecule has 1 aliphatic heterocycles. The van der Waals surface area contributed by atoms with Gasteiger partial charge in [-0.25, -0.2) is 13.2 Å². The summed E-state index contributed by atoms with van der Waals surface area (Å²) in [4.78, 5) is 18.2. The van der Waals surface area contributed by atoms with Crippen molar-refractivity contribution in [1.29, 1.82) is 0 Å². The molecule has 0 radical (unpaired) electrons. The van der Waals surface area contributed by atoms with Crippen LogP contribution in [0.2, 0.25) is 0 Å².